The zero-order valence-electron chi connectivity index (χ0n) is 9.64. The van der Waals surface area contributed by atoms with Crippen molar-refractivity contribution in [2.45, 2.75) is 31.0 Å². The van der Waals surface area contributed by atoms with Crippen molar-refractivity contribution < 1.29 is 19.4 Å². The molecule has 0 aromatic heterocycles. The smallest absolute Gasteiger partial charge is 0.340 e. The van der Waals surface area contributed by atoms with Gasteiger partial charge in [0.1, 0.15) is 6.17 Å². The SMILES string of the molecule is O=C(O)[C@](O)(c1ccc(Cl)cc1)[C@H]1CCC(F)C1. The van der Waals surface area contributed by atoms with Crippen LogP contribution in [0.15, 0.2) is 24.3 Å². The molecule has 2 rings (SSSR count). The summed E-state index contributed by atoms with van der Waals surface area (Å²) < 4.78 is 13.2. The van der Waals surface area contributed by atoms with Crippen molar-refractivity contribution in [3.8, 4) is 0 Å². The molecule has 5 heteroatoms. The van der Waals surface area contributed by atoms with Gasteiger partial charge < -0.3 is 10.2 Å². The molecule has 98 valence electrons. The van der Waals surface area contributed by atoms with Crippen LogP contribution in [0.2, 0.25) is 5.02 Å². The molecule has 0 bridgehead atoms. The summed E-state index contributed by atoms with van der Waals surface area (Å²) in [7, 11) is 0. The number of hydrogen-bond donors (Lipinski definition) is 2. The monoisotopic (exact) mass is 272 g/mol. The summed E-state index contributed by atoms with van der Waals surface area (Å²) in [6.07, 6.45) is -0.292. The summed E-state index contributed by atoms with van der Waals surface area (Å²) in [4.78, 5) is 11.4. The summed E-state index contributed by atoms with van der Waals surface area (Å²) in [5.41, 5.74) is -1.79. The fourth-order valence-electron chi connectivity index (χ4n) is 2.54. The molecule has 1 aliphatic rings. The van der Waals surface area contributed by atoms with Crippen LogP contribution in [0.1, 0.15) is 24.8 Å². The first-order valence-corrected chi connectivity index (χ1v) is 6.18. The van der Waals surface area contributed by atoms with Crippen LogP contribution in [0.5, 0.6) is 0 Å². The van der Waals surface area contributed by atoms with E-state index in [1.165, 1.54) is 24.3 Å². The molecule has 3 nitrogen and oxygen atoms in total. The lowest BCUT2D eigenvalue weighted by Gasteiger charge is -2.30. The van der Waals surface area contributed by atoms with Crippen LogP contribution in [-0.2, 0) is 10.4 Å². The lowest BCUT2D eigenvalue weighted by atomic mass is 9.80. The van der Waals surface area contributed by atoms with Gasteiger partial charge in [0.25, 0.3) is 0 Å². The van der Waals surface area contributed by atoms with Gasteiger partial charge >= 0.3 is 5.97 Å². The standard InChI is InChI=1S/C13H14ClFO3/c14-10-4-1-8(2-5-10)13(18,12(16)17)9-3-6-11(15)7-9/h1-2,4-5,9,11,18H,3,6-7H2,(H,16,17)/t9-,11?,13-/m0/s1. The molecule has 1 aliphatic carbocycles. The Hall–Kier alpha value is -1.13. The van der Waals surface area contributed by atoms with Crippen LogP contribution in [0.3, 0.4) is 0 Å². The third kappa shape index (κ3) is 2.22. The highest BCUT2D eigenvalue weighted by Gasteiger charge is 2.48. The lowest BCUT2D eigenvalue weighted by Crippen LogP contribution is -2.42. The maximum atomic E-state index is 13.2. The molecular formula is C13H14ClFO3. The normalized spacial score (nSPS) is 26.8. The maximum absolute atomic E-state index is 13.2. The van der Waals surface area contributed by atoms with Crippen molar-refractivity contribution in [2.24, 2.45) is 5.92 Å². The highest BCUT2D eigenvalue weighted by atomic mass is 35.5. The van der Waals surface area contributed by atoms with E-state index in [1.54, 1.807) is 0 Å². The average molecular weight is 273 g/mol. The Morgan fingerprint density at radius 1 is 1.33 bits per heavy atom. The van der Waals surface area contributed by atoms with Crippen LogP contribution >= 0.6 is 11.6 Å². The number of rotatable bonds is 3. The van der Waals surface area contributed by atoms with E-state index in [0.717, 1.165) is 0 Å². The summed E-state index contributed by atoms with van der Waals surface area (Å²) in [6.45, 7) is 0. The van der Waals surface area contributed by atoms with Crippen LogP contribution in [-0.4, -0.2) is 22.4 Å². The van der Waals surface area contributed by atoms with Crippen molar-refractivity contribution in [1.29, 1.82) is 0 Å². The fraction of sp³-hybridized carbons (Fsp3) is 0.462. The van der Waals surface area contributed by atoms with Crippen molar-refractivity contribution in [1.82, 2.24) is 0 Å². The quantitative estimate of drug-likeness (QED) is 0.889. The van der Waals surface area contributed by atoms with Crippen LogP contribution in [0, 0.1) is 5.92 Å². The molecule has 0 heterocycles. The molecule has 1 unspecified atom stereocenters. The number of alkyl halides is 1. The molecular weight excluding hydrogens is 259 g/mol. The van der Waals surface area contributed by atoms with Gasteiger partial charge in [-0.3, -0.25) is 0 Å². The Bertz CT molecular complexity index is 448. The number of carbonyl (C=O) groups is 1. The van der Waals surface area contributed by atoms with Crippen LogP contribution in [0.25, 0.3) is 0 Å². The van der Waals surface area contributed by atoms with Crippen LogP contribution < -0.4 is 0 Å². The Morgan fingerprint density at radius 3 is 2.39 bits per heavy atom. The molecule has 0 amide bonds. The van der Waals surface area contributed by atoms with E-state index in [9.17, 15) is 19.4 Å². The topological polar surface area (TPSA) is 57.5 Å². The summed E-state index contributed by atoms with van der Waals surface area (Å²) in [5.74, 6) is -1.95. The predicted octanol–water partition coefficient (Wildman–Crippen LogP) is 2.75. The Balaban J connectivity index is 2.37. The zero-order valence-corrected chi connectivity index (χ0v) is 10.4. The highest BCUT2D eigenvalue weighted by Crippen LogP contribution is 2.42. The summed E-state index contributed by atoms with van der Waals surface area (Å²) in [5, 5.41) is 20.2. The Morgan fingerprint density at radius 2 is 1.94 bits per heavy atom. The number of benzene rings is 1. The number of halogens is 2. The Kier molecular flexibility index (Phi) is 3.59. The largest absolute Gasteiger partial charge is 0.479 e. The van der Waals surface area contributed by atoms with Gasteiger partial charge in [-0.25, -0.2) is 9.18 Å². The highest BCUT2D eigenvalue weighted by molar-refractivity contribution is 6.30. The van der Waals surface area contributed by atoms with E-state index in [-0.39, 0.29) is 12.0 Å². The second-order valence-corrected chi connectivity index (χ2v) is 5.12. The van der Waals surface area contributed by atoms with Gasteiger partial charge in [0, 0.05) is 10.9 Å². The van der Waals surface area contributed by atoms with E-state index in [2.05, 4.69) is 0 Å². The molecule has 0 saturated heterocycles. The van der Waals surface area contributed by atoms with Crippen molar-refractivity contribution in [3.05, 3.63) is 34.9 Å². The van der Waals surface area contributed by atoms with Gasteiger partial charge in [0.05, 0.1) is 0 Å². The third-order valence-electron chi connectivity index (χ3n) is 3.57. The van der Waals surface area contributed by atoms with E-state index in [1.807, 2.05) is 0 Å². The molecule has 1 fully saturated rings. The van der Waals surface area contributed by atoms with Gasteiger partial charge in [-0.1, -0.05) is 23.7 Å². The minimum atomic E-state index is -2.04. The van der Waals surface area contributed by atoms with Gasteiger partial charge in [-0.05, 0) is 37.0 Å². The minimum absolute atomic E-state index is 0.0748. The van der Waals surface area contributed by atoms with Gasteiger partial charge in [-0.15, -0.1) is 0 Å². The summed E-state index contributed by atoms with van der Waals surface area (Å²) in [6, 6.07) is 5.99. The van der Waals surface area contributed by atoms with Crippen LogP contribution in [0.4, 0.5) is 4.39 Å². The van der Waals surface area contributed by atoms with Gasteiger partial charge in [0.15, 0.2) is 5.60 Å². The summed E-state index contributed by atoms with van der Waals surface area (Å²) >= 11 is 5.74. The fourth-order valence-corrected chi connectivity index (χ4v) is 2.67. The molecule has 0 spiro atoms. The second-order valence-electron chi connectivity index (χ2n) is 4.69. The number of hydrogen-bond acceptors (Lipinski definition) is 2. The number of carboxylic acids is 1. The maximum Gasteiger partial charge on any atom is 0.340 e. The molecule has 0 radical (unpaired) electrons. The first kappa shape index (κ1) is 13.3. The number of carboxylic acid groups (broad SMARTS) is 1. The molecule has 2 N–H and O–H groups in total. The Labute approximate surface area is 109 Å². The second kappa shape index (κ2) is 4.86. The average Bonchev–Trinajstić information content (AvgIpc) is 2.76. The van der Waals surface area contributed by atoms with Gasteiger partial charge in [0.2, 0.25) is 0 Å². The molecule has 3 atom stereocenters. The first-order valence-electron chi connectivity index (χ1n) is 5.80. The van der Waals surface area contributed by atoms with Crippen molar-refractivity contribution >= 4 is 17.6 Å². The molecule has 1 saturated carbocycles. The van der Waals surface area contributed by atoms with E-state index < -0.39 is 23.7 Å². The predicted molar refractivity (Wildman–Crippen MR) is 65.2 cm³/mol. The minimum Gasteiger partial charge on any atom is -0.479 e. The van der Waals surface area contributed by atoms with Gasteiger partial charge in [-0.2, -0.15) is 0 Å². The van der Waals surface area contributed by atoms with Crippen molar-refractivity contribution in [3.63, 3.8) is 0 Å². The molecule has 0 aliphatic heterocycles. The van der Waals surface area contributed by atoms with Crippen molar-refractivity contribution in [2.75, 3.05) is 0 Å². The first-order chi connectivity index (χ1) is 8.44. The number of aliphatic carboxylic acids is 1. The van der Waals surface area contributed by atoms with E-state index >= 15 is 0 Å². The number of aliphatic hydroxyl groups is 1. The van der Waals surface area contributed by atoms with E-state index in [0.29, 0.717) is 17.9 Å². The third-order valence-corrected chi connectivity index (χ3v) is 3.82. The lowest BCUT2D eigenvalue weighted by molar-refractivity contribution is -0.166. The molecule has 1 aromatic rings. The zero-order chi connectivity index (χ0) is 13.3. The molecule has 1 aromatic carbocycles. The van der Waals surface area contributed by atoms with E-state index in [4.69, 9.17) is 11.6 Å². The molecule has 18 heavy (non-hydrogen) atoms.